The third kappa shape index (κ3) is 4.19. The van der Waals surface area contributed by atoms with Gasteiger partial charge in [0.1, 0.15) is 0 Å². The van der Waals surface area contributed by atoms with Crippen LogP contribution in [0.1, 0.15) is 25.8 Å². The first kappa shape index (κ1) is 21.0. The van der Waals surface area contributed by atoms with Crippen molar-refractivity contribution in [2.24, 2.45) is 0 Å². The number of alkyl halides is 3. The molecule has 9 heteroatoms. The van der Waals surface area contributed by atoms with Crippen LogP contribution in [-0.2, 0) is 22.7 Å². The molecular weight excluding hydrogens is 403 g/mol. The second-order valence-electron chi connectivity index (χ2n) is 6.73. The molecule has 0 amide bonds. The van der Waals surface area contributed by atoms with Crippen molar-refractivity contribution in [3.63, 3.8) is 0 Å². The van der Waals surface area contributed by atoms with Gasteiger partial charge < -0.3 is 10.3 Å². The fourth-order valence-electron chi connectivity index (χ4n) is 3.39. The van der Waals surface area contributed by atoms with Gasteiger partial charge in [-0.25, -0.2) is 8.42 Å². The van der Waals surface area contributed by atoms with Gasteiger partial charge in [-0.3, -0.25) is 4.72 Å². The van der Waals surface area contributed by atoms with Gasteiger partial charge in [0.2, 0.25) is 10.0 Å². The third-order valence-corrected chi connectivity index (χ3v) is 6.14. The Kier molecular flexibility index (Phi) is 5.53. The summed E-state index contributed by atoms with van der Waals surface area (Å²) >= 11 is 0. The summed E-state index contributed by atoms with van der Waals surface area (Å²) in [6.07, 6.45) is -3.94. The van der Waals surface area contributed by atoms with E-state index in [1.807, 2.05) is 6.92 Å². The van der Waals surface area contributed by atoms with Crippen LogP contribution in [0.5, 0.6) is 0 Å². The maximum absolute atomic E-state index is 13.1. The quantitative estimate of drug-likeness (QED) is 0.578. The molecule has 0 spiro atoms. The average Bonchev–Trinajstić information content (AvgIpc) is 2.93. The number of nitrogens with zero attached hydrogens (tertiary/aromatic N) is 1. The van der Waals surface area contributed by atoms with E-state index in [0.29, 0.717) is 46.5 Å². The molecule has 3 aromatic rings. The molecule has 2 aromatic carbocycles. The summed E-state index contributed by atoms with van der Waals surface area (Å²) in [7, 11) is -3.41. The lowest BCUT2D eigenvalue weighted by molar-refractivity contribution is -0.137. The maximum Gasteiger partial charge on any atom is 0.416 e. The number of hydrogen-bond donors (Lipinski definition) is 2. The summed E-state index contributed by atoms with van der Waals surface area (Å²) in [5, 5.41) is 0.544. The van der Waals surface area contributed by atoms with Crippen molar-refractivity contribution < 1.29 is 21.6 Å². The number of anilines is 2. The second kappa shape index (κ2) is 7.62. The lowest BCUT2D eigenvalue weighted by atomic mass is 10.1. The third-order valence-electron chi connectivity index (χ3n) is 4.65. The van der Waals surface area contributed by atoms with E-state index in [0.717, 1.165) is 12.1 Å². The number of nitrogens with one attached hydrogen (secondary N) is 1. The van der Waals surface area contributed by atoms with Crippen LogP contribution in [-0.4, -0.2) is 18.7 Å². The smallest absolute Gasteiger partial charge is 0.396 e. The molecule has 3 N–H and O–H groups in total. The van der Waals surface area contributed by atoms with Gasteiger partial charge in [0.25, 0.3) is 0 Å². The highest BCUT2D eigenvalue weighted by atomic mass is 32.2. The summed E-state index contributed by atoms with van der Waals surface area (Å²) in [5.74, 6) is 0.0211. The number of nitrogens with two attached hydrogens (primary N) is 1. The van der Waals surface area contributed by atoms with E-state index in [1.165, 1.54) is 6.07 Å². The van der Waals surface area contributed by atoms with Crippen molar-refractivity contribution in [1.29, 1.82) is 0 Å². The molecule has 0 aliphatic carbocycles. The molecule has 0 saturated carbocycles. The monoisotopic (exact) mass is 425 g/mol. The van der Waals surface area contributed by atoms with Crippen LogP contribution >= 0.6 is 0 Å². The number of rotatable bonds is 6. The lowest BCUT2D eigenvalue weighted by Crippen LogP contribution is -2.15. The van der Waals surface area contributed by atoms with Crippen LogP contribution < -0.4 is 10.5 Å². The first-order valence-corrected chi connectivity index (χ1v) is 10.8. The fourth-order valence-corrected chi connectivity index (χ4v) is 4.52. The molecule has 29 heavy (non-hydrogen) atoms. The first-order chi connectivity index (χ1) is 13.6. The molecule has 0 bridgehead atoms. The minimum Gasteiger partial charge on any atom is -0.396 e. The Balaban J connectivity index is 2.06. The highest BCUT2D eigenvalue weighted by Gasteiger charge is 2.31. The molecule has 3 rings (SSSR count). The van der Waals surface area contributed by atoms with E-state index in [-0.39, 0.29) is 5.75 Å². The number of nitrogen functional groups attached to an aromatic ring is 1. The number of fused-ring (bicyclic) bond motifs is 1. The second-order valence-corrected chi connectivity index (χ2v) is 8.58. The molecule has 0 saturated heterocycles. The Hall–Kier alpha value is -2.68. The summed E-state index contributed by atoms with van der Waals surface area (Å²) in [5.41, 5.74) is 8.03. The molecule has 0 fully saturated rings. The van der Waals surface area contributed by atoms with Crippen molar-refractivity contribution in [3.8, 4) is 11.3 Å². The van der Waals surface area contributed by atoms with Crippen molar-refractivity contribution >= 4 is 32.3 Å². The molecule has 0 aliphatic rings. The number of sulfonamides is 1. The molecule has 0 atom stereocenters. The number of benzene rings is 2. The Morgan fingerprint density at radius 1 is 1.07 bits per heavy atom. The Bertz CT molecular complexity index is 1130. The Morgan fingerprint density at radius 3 is 2.28 bits per heavy atom. The van der Waals surface area contributed by atoms with Crippen LogP contribution in [0.2, 0.25) is 0 Å². The molecular formula is C20H22F3N3O2S. The molecule has 0 aliphatic heterocycles. The molecule has 1 aromatic heterocycles. The van der Waals surface area contributed by atoms with Crippen LogP contribution in [0, 0.1) is 0 Å². The maximum atomic E-state index is 13.1. The number of aryl methyl sites for hydroxylation is 1. The summed E-state index contributed by atoms with van der Waals surface area (Å²) in [6, 6.07) is 10.1. The highest BCUT2D eigenvalue weighted by Crippen LogP contribution is 2.39. The standard InChI is InChI=1S/C20H22F3N3O2S/c1-3-11-29(27,28)25-15-8-5-13(6-9-15)19-18(24)16-10-7-14(20(21,22)23)12-17(16)26(19)4-2/h5-10,12,25H,3-4,11,24H2,1-2H3. The molecule has 156 valence electrons. The Morgan fingerprint density at radius 2 is 1.72 bits per heavy atom. The van der Waals surface area contributed by atoms with Crippen LogP contribution in [0.3, 0.4) is 0 Å². The van der Waals surface area contributed by atoms with Gasteiger partial charge in [-0.1, -0.05) is 25.1 Å². The lowest BCUT2D eigenvalue weighted by Gasteiger charge is -2.12. The molecule has 1 heterocycles. The predicted octanol–water partition coefficient (Wildman–Crippen LogP) is 5.08. The van der Waals surface area contributed by atoms with Gasteiger partial charge in [-0.2, -0.15) is 13.2 Å². The van der Waals surface area contributed by atoms with Gasteiger partial charge in [0.05, 0.1) is 28.2 Å². The predicted molar refractivity (Wildman–Crippen MR) is 110 cm³/mol. The normalized spacial score (nSPS) is 12.4. The van der Waals surface area contributed by atoms with Crippen molar-refractivity contribution in [2.45, 2.75) is 33.0 Å². The summed E-state index contributed by atoms with van der Waals surface area (Å²) < 4.78 is 67.4. The zero-order valence-corrected chi connectivity index (χ0v) is 16.9. The topological polar surface area (TPSA) is 77.1 Å². The zero-order chi connectivity index (χ0) is 21.4. The Labute approximate surface area is 167 Å². The first-order valence-electron chi connectivity index (χ1n) is 9.17. The van der Waals surface area contributed by atoms with E-state index < -0.39 is 21.8 Å². The van der Waals surface area contributed by atoms with Gasteiger partial charge in [0.15, 0.2) is 0 Å². The van der Waals surface area contributed by atoms with E-state index in [2.05, 4.69) is 4.72 Å². The number of aromatic nitrogens is 1. The van der Waals surface area contributed by atoms with E-state index >= 15 is 0 Å². The number of halogens is 3. The largest absolute Gasteiger partial charge is 0.416 e. The van der Waals surface area contributed by atoms with Crippen LogP contribution in [0.25, 0.3) is 22.2 Å². The summed E-state index contributed by atoms with van der Waals surface area (Å²) in [6.45, 7) is 4.03. The van der Waals surface area contributed by atoms with E-state index in [4.69, 9.17) is 5.73 Å². The van der Waals surface area contributed by atoms with Crippen LogP contribution in [0.15, 0.2) is 42.5 Å². The van der Waals surface area contributed by atoms with Crippen molar-refractivity contribution in [2.75, 3.05) is 16.2 Å². The highest BCUT2D eigenvalue weighted by molar-refractivity contribution is 7.92. The number of hydrogen-bond acceptors (Lipinski definition) is 3. The SMILES string of the molecule is CCCS(=O)(=O)Nc1ccc(-c2c(N)c3ccc(C(F)(F)F)cc3n2CC)cc1. The van der Waals surface area contributed by atoms with Gasteiger partial charge in [-0.05, 0) is 37.6 Å². The zero-order valence-electron chi connectivity index (χ0n) is 16.0. The minimum absolute atomic E-state index is 0.0211. The van der Waals surface area contributed by atoms with E-state index in [1.54, 1.807) is 35.8 Å². The van der Waals surface area contributed by atoms with E-state index in [9.17, 15) is 21.6 Å². The molecule has 0 unspecified atom stereocenters. The molecule has 0 radical (unpaired) electrons. The van der Waals surface area contributed by atoms with Crippen LogP contribution in [0.4, 0.5) is 24.5 Å². The summed E-state index contributed by atoms with van der Waals surface area (Å²) in [4.78, 5) is 0. The minimum atomic E-state index is -4.44. The van der Waals surface area contributed by atoms with Gasteiger partial charge in [0, 0.05) is 23.2 Å². The molecule has 5 nitrogen and oxygen atoms in total. The average molecular weight is 425 g/mol. The van der Waals surface area contributed by atoms with Crippen molar-refractivity contribution in [1.82, 2.24) is 4.57 Å². The van der Waals surface area contributed by atoms with Crippen molar-refractivity contribution in [3.05, 3.63) is 48.0 Å². The van der Waals surface area contributed by atoms with Gasteiger partial charge >= 0.3 is 6.18 Å². The van der Waals surface area contributed by atoms with Gasteiger partial charge in [-0.15, -0.1) is 0 Å². The fraction of sp³-hybridized carbons (Fsp3) is 0.300.